The molecule has 0 atom stereocenters. The number of aryl methyl sites for hydroxylation is 1. The molecule has 1 saturated heterocycles. The molecule has 0 radical (unpaired) electrons. The molecule has 3 heterocycles. The maximum Gasteiger partial charge on any atom is 0.129 e. The van der Waals surface area contributed by atoms with Crippen molar-refractivity contribution < 1.29 is 0 Å². The zero-order chi connectivity index (χ0) is 14.9. The Morgan fingerprint density at radius 1 is 1.14 bits per heavy atom. The maximum absolute atomic E-state index is 4.77. The number of pyridine rings is 1. The zero-order valence-electron chi connectivity index (χ0n) is 12.8. The van der Waals surface area contributed by atoms with Gasteiger partial charge >= 0.3 is 0 Å². The molecule has 0 unspecified atom stereocenters. The quantitative estimate of drug-likeness (QED) is 0.741. The first kappa shape index (κ1) is 13.3. The van der Waals surface area contributed by atoms with Gasteiger partial charge < -0.3 is 9.47 Å². The average Bonchev–Trinajstić information content (AvgIpc) is 2.97. The van der Waals surface area contributed by atoms with Crippen LogP contribution in [0.5, 0.6) is 0 Å². The van der Waals surface area contributed by atoms with Crippen molar-refractivity contribution in [1.29, 1.82) is 0 Å². The number of nitrogens with zero attached hydrogens (tertiary/aromatic N) is 4. The minimum atomic E-state index is 0.688. The number of rotatable bonds is 4. The van der Waals surface area contributed by atoms with Gasteiger partial charge in [-0.1, -0.05) is 25.1 Å². The van der Waals surface area contributed by atoms with Gasteiger partial charge in [-0.05, 0) is 18.2 Å². The Bertz CT molecular complexity index is 786. The van der Waals surface area contributed by atoms with Gasteiger partial charge in [-0.2, -0.15) is 0 Å². The van der Waals surface area contributed by atoms with Crippen molar-refractivity contribution in [3.8, 4) is 0 Å². The summed E-state index contributed by atoms with van der Waals surface area (Å²) in [6.45, 7) is 5.37. The molecular formula is C18H20N4. The Balaban J connectivity index is 1.43. The largest absolute Gasteiger partial charge is 0.356 e. The number of fused-ring (bicyclic) bond motifs is 1. The number of hydrogen-bond acceptors (Lipinski definition) is 3. The van der Waals surface area contributed by atoms with E-state index in [2.05, 4.69) is 57.9 Å². The predicted octanol–water partition coefficient (Wildman–Crippen LogP) is 3.13. The van der Waals surface area contributed by atoms with Crippen LogP contribution in [-0.2, 0) is 13.0 Å². The Kier molecular flexibility index (Phi) is 3.29. The van der Waals surface area contributed by atoms with Gasteiger partial charge in [0.15, 0.2) is 0 Å². The molecule has 0 amide bonds. The third-order valence-electron chi connectivity index (χ3n) is 4.44. The number of para-hydroxylation sites is 1. The van der Waals surface area contributed by atoms with Crippen LogP contribution in [0.4, 0.5) is 5.82 Å². The molecule has 0 N–H and O–H groups in total. The molecule has 1 aromatic carbocycles. The predicted molar refractivity (Wildman–Crippen MR) is 89.1 cm³/mol. The summed E-state index contributed by atoms with van der Waals surface area (Å²) in [6, 6.07) is 12.6. The third kappa shape index (κ3) is 2.34. The molecule has 1 aliphatic rings. The molecule has 2 aromatic heterocycles. The fourth-order valence-electron chi connectivity index (χ4n) is 3.20. The smallest absolute Gasteiger partial charge is 0.129 e. The minimum Gasteiger partial charge on any atom is -0.356 e. The van der Waals surface area contributed by atoms with Gasteiger partial charge in [-0.15, -0.1) is 0 Å². The Morgan fingerprint density at radius 2 is 2.00 bits per heavy atom. The maximum atomic E-state index is 4.77. The van der Waals surface area contributed by atoms with Crippen molar-refractivity contribution in [3.63, 3.8) is 0 Å². The molecule has 22 heavy (non-hydrogen) atoms. The average molecular weight is 292 g/mol. The standard InChI is InChI=1S/C18H20N4/c1-2-17-19-9-10-21(17)11-14-12-22(13-14)18-8-7-15-5-3-4-6-16(15)20-18/h3-10,14H,2,11-13H2,1H3. The van der Waals surface area contributed by atoms with Crippen molar-refractivity contribution in [3.05, 3.63) is 54.6 Å². The normalized spacial score (nSPS) is 15.2. The van der Waals surface area contributed by atoms with Crippen LogP contribution in [0.2, 0.25) is 0 Å². The first-order chi connectivity index (χ1) is 10.8. The van der Waals surface area contributed by atoms with Crippen molar-refractivity contribution >= 4 is 16.7 Å². The Labute approximate surface area is 130 Å². The topological polar surface area (TPSA) is 34.0 Å². The van der Waals surface area contributed by atoms with Crippen molar-refractivity contribution in [2.75, 3.05) is 18.0 Å². The monoisotopic (exact) mass is 292 g/mol. The van der Waals surface area contributed by atoms with Gasteiger partial charge in [0, 0.05) is 49.8 Å². The lowest BCUT2D eigenvalue weighted by Crippen LogP contribution is -2.49. The first-order valence-corrected chi connectivity index (χ1v) is 7.94. The van der Waals surface area contributed by atoms with E-state index in [0.717, 1.165) is 37.4 Å². The van der Waals surface area contributed by atoms with E-state index in [-0.39, 0.29) is 0 Å². The third-order valence-corrected chi connectivity index (χ3v) is 4.44. The molecule has 0 spiro atoms. The molecular weight excluding hydrogens is 272 g/mol. The molecule has 1 fully saturated rings. The van der Waals surface area contributed by atoms with Crippen LogP contribution in [0.15, 0.2) is 48.8 Å². The highest BCUT2D eigenvalue weighted by Gasteiger charge is 2.28. The molecule has 4 heteroatoms. The van der Waals surface area contributed by atoms with E-state index >= 15 is 0 Å². The van der Waals surface area contributed by atoms with Crippen molar-refractivity contribution in [2.45, 2.75) is 19.9 Å². The molecule has 112 valence electrons. The van der Waals surface area contributed by atoms with E-state index in [1.807, 2.05) is 12.3 Å². The fraction of sp³-hybridized carbons (Fsp3) is 0.333. The van der Waals surface area contributed by atoms with Crippen molar-refractivity contribution in [1.82, 2.24) is 14.5 Å². The summed E-state index contributed by atoms with van der Waals surface area (Å²) in [6.07, 6.45) is 4.99. The number of imidazole rings is 1. The summed E-state index contributed by atoms with van der Waals surface area (Å²) in [7, 11) is 0. The summed E-state index contributed by atoms with van der Waals surface area (Å²) >= 11 is 0. The van der Waals surface area contributed by atoms with Crippen LogP contribution in [0.1, 0.15) is 12.7 Å². The minimum absolute atomic E-state index is 0.688. The van der Waals surface area contributed by atoms with Crippen LogP contribution >= 0.6 is 0 Å². The van der Waals surface area contributed by atoms with E-state index in [0.29, 0.717) is 5.92 Å². The summed E-state index contributed by atoms with van der Waals surface area (Å²) in [5.74, 6) is 2.96. The second-order valence-electron chi connectivity index (χ2n) is 5.98. The molecule has 3 aromatic rings. The lowest BCUT2D eigenvalue weighted by molar-refractivity contribution is 0.351. The van der Waals surface area contributed by atoms with E-state index in [1.165, 1.54) is 11.2 Å². The van der Waals surface area contributed by atoms with Gasteiger partial charge in [0.1, 0.15) is 11.6 Å². The second kappa shape index (κ2) is 5.44. The second-order valence-corrected chi connectivity index (χ2v) is 5.98. The summed E-state index contributed by atoms with van der Waals surface area (Å²) in [5.41, 5.74) is 1.08. The lowest BCUT2D eigenvalue weighted by Gasteiger charge is -2.40. The van der Waals surface area contributed by atoms with Crippen LogP contribution in [0, 0.1) is 5.92 Å². The van der Waals surface area contributed by atoms with Gasteiger partial charge in [0.25, 0.3) is 0 Å². The molecule has 4 nitrogen and oxygen atoms in total. The van der Waals surface area contributed by atoms with Crippen LogP contribution in [-0.4, -0.2) is 27.6 Å². The summed E-state index contributed by atoms with van der Waals surface area (Å²) in [5, 5.41) is 1.20. The number of aromatic nitrogens is 3. The van der Waals surface area contributed by atoms with E-state index in [9.17, 15) is 0 Å². The van der Waals surface area contributed by atoms with Gasteiger partial charge in [-0.25, -0.2) is 9.97 Å². The molecule has 1 aliphatic heterocycles. The number of anilines is 1. The molecule has 0 aliphatic carbocycles. The van der Waals surface area contributed by atoms with Gasteiger partial charge in [0.2, 0.25) is 0 Å². The van der Waals surface area contributed by atoms with E-state index in [4.69, 9.17) is 4.98 Å². The van der Waals surface area contributed by atoms with Crippen molar-refractivity contribution in [2.24, 2.45) is 5.92 Å². The molecule has 0 bridgehead atoms. The number of hydrogen-bond donors (Lipinski definition) is 0. The van der Waals surface area contributed by atoms with Gasteiger partial charge in [-0.3, -0.25) is 0 Å². The summed E-state index contributed by atoms with van der Waals surface area (Å²) < 4.78 is 2.29. The lowest BCUT2D eigenvalue weighted by atomic mass is 10.00. The van der Waals surface area contributed by atoms with E-state index < -0.39 is 0 Å². The highest BCUT2D eigenvalue weighted by Crippen LogP contribution is 2.26. The van der Waals surface area contributed by atoms with Gasteiger partial charge in [0.05, 0.1) is 5.52 Å². The first-order valence-electron chi connectivity index (χ1n) is 7.94. The fourth-order valence-corrected chi connectivity index (χ4v) is 3.20. The Morgan fingerprint density at radius 3 is 2.86 bits per heavy atom. The zero-order valence-corrected chi connectivity index (χ0v) is 12.8. The highest BCUT2D eigenvalue weighted by molar-refractivity contribution is 5.80. The summed E-state index contributed by atoms with van der Waals surface area (Å²) in [4.78, 5) is 11.5. The van der Waals surface area contributed by atoms with E-state index in [1.54, 1.807) is 0 Å². The highest BCUT2D eigenvalue weighted by atomic mass is 15.2. The van der Waals surface area contributed by atoms with Crippen LogP contribution in [0.3, 0.4) is 0 Å². The van der Waals surface area contributed by atoms with Crippen LogP contribution < -0.4 is 4.90 Å². The molecule has 4 rings (SSSR count). The SMILES string of the molecule is CCc1nccn1CC1CN(c2ccc3ccccc3n2)C1. The Hall–Kier alpha value is -2.36. The number of benzene rings is 1. The molecule has 0 saturated carbocycles. The van der Waals surface area contributed by atoms with Crippen LogP contribution in [0.25, 0.3) is 10.9 Å².